The molecule has 1 amide bonds. The fourth-order valence-corrected chi connectivity index (χ4v) is 5.32. The Balaban J connectivity index is 1.25. The van der Waals surface area contributed by atoms with Crippen molar-refractivity contribution in [3.8, 4) is 0 Å². The largest absolute Gasteiger partial charge is 0.391 e. The predicted octanol–water partition coefficient (Wildman–Crippen LogP) is 1.36. The van der Waals surface area contributed by atoms with E-state index >= 15 is 0 Å². The van der Waals surface area contributed by atoms with Crippen molar-refractivity contribution in [1.29, 1.82) is 0 Å². The van der Waals surface area contributed by atoms with E-state index in [1.54, 1.807) is 23.9 Å². The van der Waals surface area contributed by atoms with Crippen LogP contribution < -0.4 is 10.2 Å². The Morgan fingerprint density at radius 1 is 1.31 bits per heavy atom. The minimum atomic E-state index is -0.511. The molecular weight excluding hydrogens is 388 g/mol. The Morgan fingerprint density at radius 3 is 2.93 bits per heavy atom. The van der Waals surface area contributed by atoms with Crippen LogP contribution in [0.5, 0.6) is 0 Å². The van der Waals surface area contributed by atoms with Crippen LogP contribution in [0.1, 0.15) is 18.4 Å². The number of hydrogen-bond acceptors (Lipinski definition) is 7. The van der Waals surface area contributed by atoms with Crippen molar-refractivity contribution in [2.75, 3.05) is 18.0 Å². The Hall–Kier alpha value is -2.52. The molecule has 9 heteroatoms. The summed E-state index contributed by atoms with van der Waals surface area (Å²) in [5, 5.41) is 17.6. The quantitative estimate of drug-likeness (QED) is 0.672. The highest BCUT2D eigenvalue weighted by molar-refractivity contribution is 7.08. The molecule has 0 spiro atoms. The van der Waals surface area contributed by atoms with Gasteiger partial charge in [-0.25, -0.2) is 9.97 Å². The van der Waals surface area contributed by atoms with Crippen molar-refractivity contribution < 1.29 is 9.90 Å². The maximum absolute atomic E-state index is 12.4. The normalized spacial score (nSPS) is 26.6. The number of aromatic nitrogens is 4. The van der Waals surface area contributed by atoms with Crippen molar-refractivity contribution in [2.45, 2.75) is 31.4 Å². The number of aliphatic hydroxyl groups is 1. The lowest BCUT2D eigenvalue weighted by Crippen LogP contribution is -2.49. The topological polar surface area (TPSA) is 96.2 Å². The first-order chi connectivity index (χ1) is 14.1. The van der Waals surface area contributed by atoms with Gasteiger partial charge >= 0.3 is 0 Å². The molecule has 2 fully saturated rings. The van der Waals surface area contributed by atoms with E-state index in [9.17, 15) is 9.90 Å². The molecule has 3 aromatic rings. The smallest absolute Gasteiger partial charge is 0.227 e. The highest BCUT2D eigenvalue weighted by atomic mass is 32.1. The third-order valence-corrected chi connectivity index (χ3v) is 6.89. The van der Waals surface area contributed by atoms with E-state index in [0.717, 1.165) is 36.2 Å². The molecule has 5 rings (SSSR count). The average molecular weight is 413 g/mol. The Bertz CT molecular complexity index is 1020. The molecule has 1 saturated carbocycles. The number of hydrogen-bond donors (Lipinski definition) is 2. The monoisotopic (exact) mass is 412 g/mol. The summed E-state index contributed by atoms with van der Waals surface area (Å²) >= 11 is 1.59. The lowest BCUT2D eigenvalue weighted by molar-refractivity contribution is -0.122. The molecule has 1 aliphatic carbocycles. The van der Waals surface area contributed by atoms with Gasteiger partial charge in [0.2, 0.25) is 11.9 Å². The Kier molecular flexibility index (Phi) is 4.71. The van der Waals surface area contributed by atoms with E-state index in [4.69, 9.17) is 0 Å². The van der Waals surface area contributed by atoms with E-state index in [1.807, 2.05) is 28.4 Å². The van der Waals surface area contributed by atoms with E-state index in [2.05, 4.69) is 25.2 Å². The number of aryl methyl sites for hydroxylation is 1. The van der Waals surface area contributed by atoms with Crippen LogP contribution in [0.2, 0.25) is 0 Å². The summed E-state index contributed by atoms with van der Waals surface area (Å²) in [5.41, 5.74) is 2.63. The molecule has 4 atom stereocenters. The first-order valence-electron chi connectivity index (χ1n) is 9.94. The van der Waals surface area contributed by atoms with Crippen molar-refractivity contribution in [3.05, 3.63) is 34.9 Å². The van der Waals surface area contributed by atoms with Crippen molar-refractivity contribution in [3.63, 3.8) is 0 Å². The summed E-state index contributed by atoms with van der Waals surface area (Å²) in [6, 6.07) is 1.77. The van der Waals surface area contributed by atoms with Gasteiger partial charge in [-0.2, -0.15) is 16.3 Å². The van der Waals surface area contributed by atoms with Gasteiger partial charge in [0, 0.05) is 20.1 Å². The SMILES string of the molecule is Cn1cnc2cnc(N3C[C@H]4C[C@H](O)[C@@H](NC(=O)Cc5ccsc5)C[C@H]4C3)nc21. The molecule has 0 bridgehead atoms. The molecule has 1 aliphatic heterocycles. The van der Waals surface area contributed by atoms with Gasteiger partial charge in [0.1, 0.15) is 5.52 Å². The zero-order valence-electron chi connectivity index (χ0n) is 16.2. The number of thiophene rings is 1. The fraction of sp³-hybridized carbons (Fsp3) is 0.500. The highest BCUT2D eigenvalue weighted by Gasteiger charge is 2.42. The summed E-state index contributed by atoms with van der Waals surface area (Å²) in [6.45, 7) is 1.68. The summed E-state index contributed by atoms with van der Waals surface area (Å²) in [4.78, 5) is 28.0. The number of fused-ring (bicyclic) bond motifs is 2. The number of carbonyl (C=O) groups excluding carboxylic acids is 1. The number of imidazole rings is 1. The summed E-state index contributed by atoms with van der Waals surface area (Å²) in [7, 11) is 1.93. The van der Waals surface area contributed by atoms with Crippen LogP contribution >= 0.6 is 11.3 Å². The van der Waals surface area contributed by atoms with Crippen LogP contribution in [-0.2, 0) is 18.3 Å². The van der Waals surface area contributed by atoms with Crippen LogP contribution in [0.15, 0.2) is 29.4 Å². The Morgan fingerprint density at radius 2 is 2.14 bits per heavy atom. The molecule has 2 aliphatic rings. The van der Waals surface area contributed by atoms with Gasteiger partial charge in [-0.05, 0) is 47.1 Å². The highest BCUT2D eigenvalue weighted by Crippen LogP contribution is 2.37. The van der Waals surface area contributed by atoms with E-state index in [-0.39, 0.29) is 11.9 Å². The molecule has 29 heavy (non-hydrogen) atoms. The van der Waals surface area contributed by atoms with Crippen LogP contribution in [0.4, 0.5) is 5.95 Å². The number of rotatable bonds is 4. The van der Waals surface area contributed by atoms with Crippen molar-refractivity contribution >= 4 is 34.4 Å². The number of anilines is 1. The molecule has 8 nitrogen and oxygen atoms in total. The molecule has 4 heterocycles. The van der Waals surface area contributed by atoms with Gasteiger partial charge in [0.15, 0.2) is 5.65 Å². The van der Waals surface area contributed by atoms with Crippen molar-refractivity contribution in [1.82, 2.24) is 24.8 Å². The van der Waals surface area contributed by atoms with Gasteiger partial charge in [-0.1, -0.05) is 0 Å². The van der Waals surface area contributed by atoms with Crippen LogP contribution in [0, 0.1) is 11.8 Å². The number of carbonyl (C=O) groups is 1. The average Bonchev–Trinajstić information content (AvgIpc) is 3.43. The summed E-state index contributed by atoms with van der Waals surface area (Å²) in [5.74, 6) is 1.49. The third-order valence-electron chi connectivity index (χ3n) is 6.16. The number of nitrogens with zero attached hydrogens (tertiary/aromatic N) is 5. The van der Waals surface area contributed by atoms with Gasteiger partial charge in [0.25, 0.3) is 0 Å². The minimum Gasteiger partial charge on any atom is -0.391 e. The molecule has 0 unspecified atom stereocenters. The van der Waals surface area contributed by atoms with Crippen molar-refractivity contribution in [2.24, 2.45) is 18.9 Å². The maximum Gasteiger partial charge on any atom is 0.227 e. The number of nitrogens with one attached hydrogen (secondary N) is 1. The third kappa shape index (κ3) is 3.60. The van der Waals surface area contributed by atoms with E-state index in [1.165, 1.54) is 0 Å². The predicted molar refractivity (Wildman–Crippen MR) is 111 cm³/mol. The van der Waals surface area contributed by atoms with Gasteiger partial charge < -0.3 is 19.9 Å². The zero-order valence-corrected chi connectivity index (χ0v) is 17.0. The zero-order chi connectivity index (χ0) is 20.0. The molecular formula is C20H24N6O2S. The minimum absolute atomic E-state index is 0.0225. The fourth-order valence-electron chi connectivity index (χ4n) is 4.65. The number of aliphatic hydroxyl groups excluding tert-OH is 1. The first kappa shape index (κ1) is 18.5. The lowest BCUT2D eigenvalue weighted by atomic mass is 9.77. The Labute approximate surface area is 172 Å². The molecule has 152 valence electrons. The second-order valence-electron chi connectivity index (χ2n) is 8.18. The second kappa shape index (κ2) is 7.38. The second-order valence-corrected chi connectivity index (χ2v) is 8.96. The standard InChI is InChI=1S/C20H24N6O2S/c1-25-11-22-16-7-21-20(24-19(16)25)26-8-13-5-15(17(27)6-14(13)9-26)23-18(28)4-12-2-3-29-10-12/h2-3,7,10-11,13-15,17,27H,4-6,8-9H2,1H3,(H,23,28)/t13-,14+,15-,17-/m0/s1. The van der Waals surface area contributed by atoms with Crippen LogP contribution in [0.25, 0.3) is 11.2 Å². The van der Waals surface area contributed by atoms with E-state index in [0.29, 0.717) is 30.6 Å². The molecule has 1 saturated heterocycles. The van der Waals surface area contributed by atoms with Crippen LogP contribution in [-0.4, -0.2) is 55.8 Å². The molecule has 0 aromatic carbocycles. The first-order valence-corrected chi connectivity index (χ1v) is 10.9. The van der Waals surface area contributed by atoms with Gasteiger partial charge in [-0.3, -0.25) is 4.79 Å². The van der Waals surface area contributed by atoms with Gasteiger partial charge in [-0.15, -0.1) is 0 Å². The molecule has 2 N–H and O–H groups in total. The summed E-state index contributed by atoms with van der Waals surface area (Å²) < 4.78 is 1.90. The lowest BCUT2D eigenvalue weighted by Gasteiger charge is -2.35. The van der Waals surface area contributed by atoms with Crippen LogP contribution in [0.3, 0.4) is 0 Å². The summed E-state index contributed by atoms with van der Waals surface area (Å²) in [6.07, 6.45) is 4.84. The number of amides is 1. The van der Waals surface area contributed by atoms with E-state index < -0.39 is 6.10 Å². The molecule has 0 radical (unpaired) electrons. The van der Waals surface area contributed by atoms with Gasteiger partial charge in [0.05, 0.1) is 31.1 Å². The molecule has 3 aromatic heterocycles. The maximum atomic E-state index is 12.4.